The first-order valence-electron chi connectivity index (χ1n) is 6.69. The molecule has 0 amide bonds. The van der Waals surface area contributed by atoms with Crippen molar-refractivity contribution in [3.63, 3.8) is 0 Å². The van der Waals surface area contributed by atoms with Gasteiger partial charge in [0.05, 0.1) is 0 Å². The smallest absolute Gasteiger partial charge is 0.127 e. The minimum Gasteiger partial charge on any atom is -0.314 e. The topological polar surface area (TPSA) is 15.3 Å². The summed E-state index contributed by atoms with van der Waals surface area (Å²) in [6.07, 6.45) is 2.24. The second-order valence-corrected chi connectivity index (χ2v) is 5.68. The first-order chi connectivity index (χ1) is 8.52. The molecule has 18 heavy (non-hydrogen) atoms. The molecule has 0 spiro atoms. The number of benzene rings is 1. The molecule has 1 aromatic rings. The summed E-state index contributed by atoms with van der Waals surface area (Å²) < 4.78 is 13.7. The molecule has 3 heteroatoms. The fourth-order valence-corrected chi connectivity index (χ4v) is 2.52. The minimum atomic E-state index is -0.0810. The molecule has 0 atom stereocenters. The molecule has 1 heterocycles. The van der Waals surface area contributed by atoms with E-state index in [1.807, 2.05) is 26.1 Å². The van der Waals surface area contributed by atoms with Crippen molar-refractivity contribution in [3.8, 4) is 0 Å². The van der Waals surface area contributed by atoms with E-state index in [1.165, 1.54) is 0 Å². The molecule has 100 valence electrons. The molecular formula is C15H23FN2. The molecule has 2 nitrogen and oxygen atoms in total. The Kier molecular flexibility index (Phi) is 4.03. The zero-order valence-electron chi connectivity index (χ0n) is 11.6. The van der Waals surface area contributed by atoms with Gasteiger partial charge in [-0.1, -0.05) is 17.7 Å². The maximum atomic E-state index is 13.7. The third-order valence-electron chi connectivity index (χ3n) is 4.16. The Bertz CT molecular complexity index is 409. The van der Waals surface area contributed by atoms with Crippen LogP contribution in [0.25, 0.3) is 0 Å². The molecule has 1 saturated heterocycles. The number of hydrogen-bond donors (Lipinski definition) is 1. The van der Waals surface area contributed by atoms with E-state index in [-0.39, 0.29) is 11.4 Å². The molecule has 1 aromatic carbocycles. The Morgan fingerprint density at radius 3 is 2.61 bits per heavy atom. The lowest BCUT2D eigenvalue weighted by molar-refractivity contribution is 0.145. The van der Waals surface area contributed by atoms with Gasteiger partial charge in [0.2, 0.25) is 0 Å². The Labute approximate surface area is 109 Å². The van der Waals surface area contributed by atoms with Gasteiger partial charge in [0, 0.05) is 30.7 Å². The van der Waals surface area contributed by atoms with Crippen molar-refractivity contribution in [2.24, 2.45) is 0 Å². The van der Waals surface area contributed by atoms with Gasteiger partial charge < -0.3 is 5.32 Å². The van der Waals surface area contributed by atoms with Gasteiger partial charge in [0.15, 0.2) is 0 Å². The summed E-state index contributed by atoms with van der Waals surface area (Å²) in [6, 6.07) is 5.36. The third-order valence-corrected chi connectivity index (χ3v) is 4.16. The van der Waals surface area contributed by atoms with E-state index in [9.17, 15) is 4.39 Å². The molecule has 1 fully saturated rings. The van der Waals surface area contributed by atoms with E-state index in [0.717, 1.165) is 43.6 Å². The van der Waals surface area contributed by atoms with Gasteiger partial charge >= 0.3 is 0 Å². The van der Waals surface area contributed by atoms with Crippen LogP contribution in [0.4, 0.5) is 4.39 Å². The maximum Gasteiger partial charge on any atom is 0.127 e. The summed E-state index contributed by atoms with van der Waals surface area (Å²) in [7, 11) is 2.02. The molecule has 1 N–H and O–H groups in total. The van der Waals surface area contributed by atoms with E-state index in [4.69, 9.17) is 0 Å². The zero-order valence-corrected chi connectivity index (χ0v) is 11.6. The van der Waals surface area contributed by atoms with E-state index in [2.05, 4.69) is 17.1 Å². The van der Waals surface area contributed by atoms with Crippen molar-refractivity contribution < 1.29 is 4.39 Å². The van der Waals surface area contributed by atoms with Gasteiger partial charge in [-0.25, -0.2) is 4.39 Å². The van der Waals surface area contributed by atoms with E-state index >= 15 is 0 Å². The van der Waals surface area contributed by atoms with Crippen LogP contribution in [0.3, 0.4) is 0 Å². The highest BCUT2D eigenvalue weighted by Gasteiger charge is 2.28. The Morgan fingerprint density at radius 1 is 1.33 bits per heavy atom. The molecule has 0 bridgehead atoms. The monoisotopic (exact) mass is 250 g/mol. The number of piperidine rings is 1. The number of rotatable bonds is 3. The molecule has 0 radical (unpaired) electrons. The molecule has 1 aliphatic heterocycles. The molecular weight excluding hydrogens is 227 g/mol. The van der Waals surface area contributed by atoms with E-state index in [0.29, 0.717) is 0 Å². The number of hydrogen-bond acceptors (Lipinski definition) is 2. The van der Waals surface area contributed by atoms with Crippen molar-refractivity contribution in [2.75, 3.05) is 20.1 Å². The van der Waals surface area contributed by atoms with Crippen molar-refractivity contribution in [3.05, 3.63) is 35.1 Å². The number of nitrogens with one attached hydrogen (secondary N) is 1. The zero-order chi connectivity index (χ0) is 13.2. The van der Waals surface area contributed by atoms with Gasteiger partial charge in [-0.05, 0) is 39.8 Å². The van der Waals surface area contributed by atoms with Crippen LogP contribution < -0.4 is 5.32 Å². The summed E-state index contributed by atoms with van der Waals surface area (Å²) in [5.74, 6) is -0.0810. The molecule has 0 aromatic heterocycles. The lowest BCUT2D eigenvalue weighted by Gasteiger charge is -2.39. The van der Waals surface area contributed by atoms with E-state index in [1.54, 1.807) is 6.07 Å². The number of aryl methyl sites for hydroxylation is 1. The summed E-state index contributed by atoms with van der Waals surface area (Å²) >= 11 is 0. The average Bonchev–Trinajstić information content (AvgIpc) is 2.37. The Hall–Kier alpha value is -0.930. The van der Waals surface area contributed by atoms with Crippen LogP contribution >= 0.6 is 0 Å². The fourth-order valence-electron chi connectivity index (χ4n) is 2.52. The van der Waals surface area contributed by atoms with Crippen LogP contribution in [0.1, 0.15) is 30.9 Å². The summed E-state index contributed by atoms with van der Waals surface area (Å²) in [5.41, 5.74) is 2.20. The lowest BCUT2D eigenvalue weighted by atomic mass is 9.89. The number of likely N-dealkylation sites (tertiary alicyclic amines) is 1. The van der Waals surface area contributed by atoms with Gasteiger partial charge in [0.1, 0.15) is 5.82 Å². The van der Waals surface area contributed by atoms with Gasteiger partial charge in [-0.2, -0.15) is 0 Å². The second kappa shape index (κ2) is 5.37. The lowest BCUT2D eigenvalue weighted by Crippen LogP contribution is -2.49. The van der Waals surface area contributed by atoms with Crippen LogP contribution in [0.15, 0.2) is 18.2 Å². The fraction of sp³-hybridized carbons (Fsp3) is 0.600. The Morgan fingerprint density at radius 2 is 2.00 bits per heavy atom. The minimum absolute atomic E-state index is 0.0810. The third kappa shape index (κ3) is 3.09. The average molecular weight is 250 g/mol. The van der Waals surface area contributed by atoms with Gasteiger partial charge in [0.25, 0.3) is 0 Å². The summed E-state index contributed by atoms with van der Waals surface area (Å²) in [5, 5.41) is 3.38. The van der Waals surface area contributed by atoms with Gasteiger partial charge in [-0.15, -0.1) is 0 Å². The normalized spacial score (nSPS) is 20.0. The second-order valence-electron chi connectivity index (χ2n) is 5.68. The van der Waals surface area contributed by atoms with Gasteiger partial charge in [-0.3, -0.25) is 4.90 Å². The summed E-state index contributed by atoms with van der Waals surface area (Å²) in [6.45, 7) is 7.07. The highest BCUT2D eigenvalue weighted by atomic mass is 19.1. The standard InChI is InChI=1S/C15H23FN2/c1-12-4-5-14(16)13(10-12)11-18-8-6-15(2,17-3)7-9-18/h4-5,10,17H,6-9,11H2,1-3H3. The molecule has 0 saturated carbocycles. The predicted octanol–water partition coefficient (Wildman–Crippen LogP) is 2.71. The van der Waals surface area contributed by atoms with Crippen LogP contribution in [-0.4, -0.2) is 30.6 Å². The van der Waals surface area contributed by atoms with Crippen molar-refractivity contribution >= 4 is 0 Å². The molecule has 2 rings (SSSR count). The summed E-state index contributed by atoms with van der Waals surface area (Å²) in [4.78, 5) is 2.34. The maximum absolute atomic E-state index is 13.7. The SMILES string of the molecule is CNC1(C)CCN(Cc2cc(C)ccc2F)CC1. The highest BCUT2D eigenvalue weighted by molar-refractivity contribution is 5.24. The first kappa shape index (κ1) is 13.5. The van der Waals surface area contributed by atoms with Crippen LogP contribution in [0, 0.1) is 12.7 Å². The van der Waals surface area contributed by atoms with Crippen molar-refractivity contribution in [1.82, 2.24) is 10.2 Å². The van der Waals surface area contributed by atoms with Crippen LogP contribution in [0.5, 0.6) is 0 Å². The van der Waals surface area contributed by atoms with Crippen LogP contribution in [-0.2, 0) is 6.54 Å². The largest absolute Gasteiger partial charge is 0.314 e. The molecule has 0 unspecified atom stereocenters. The molecule has 1 aliphatic rings. The van der Waals surface area contributed by atoms with Crippen molar-refractivity contribution in [1.29, 1.82) is 0 Å². The quantitative estimate of drug-likeness (QED) is 0.887. The van der Waals surface area contributed by atoms with Crippen molar-refractivity contribution in [2.45, 2.75) is 38.8 Å². The Balaban J connectivity index is 1.97. The number of halogens is 1. The van der Waals surface area contributed by atoms with E-state index < -0.39 is 0 Å². The predicted molar refractivity (Wildman–Crippen MR) is 73.1 cm³/mol. The number of nitrogens with zero attached hydrogens (tertiary/aromatic N) is 1. The highest BCUT2D eigenvalue weighted by Crippen LogP contribution is 2.23. The first-order valence-corrected chi connectivity index (χ1v) is 6.69. The van der Waals surface area contributed by atoms with Crippen LogP contribution in [0.2, 0.25) is 0 Å². The molecule has 0 aliphatic carbocycles.